The summed E-state index contributed by atoms with van der Waals surface area (Å²) in [6.45, 7) is 10.2. The van der Waals surface area contributed by atoms with Crippen LogP contribution < -0.4 is 5.32 Å². The Morgan fingerprint density at radius 1 is 1.18 bits per heavy atom. The Morgan fingerprint density at radius 2 is 1.88 bits per heavy atom. The monoisotopic (exact) mass is 240 g/mol. The maximum absolute atomic E-state index is 11.9. The fourth-order valence-corrected chi connectivity index (χ4v) is 2.44. The highest BCUT2D eigenvalue weighted by Crippen LogP contribution is 2.03. The number of carbonyl (C=O) groups excluding carboxylic acids is 1. The van der Waals surface area contributed by atoms with E-state index in [0.717, 1.165) is 52.4 Å². The Balaban J connectivity index is 1.72. The highest BCUT2D eigenvalue weighted by molar-refractivity contribution is 5.82. The lowest BCUT2D eigenvalue weighted by Crippen LogP contribution is -2.55. The maximum atomic E-state index is 11.9. The van der Waals surface area contributed by atoms with Crippen molar-refractivity contribution in [2.75, 3.05) is 59.4 Å². The van der Waals surface area contributed by atoms with Crippen LogP contribution in [0.1, 0.15) is 6.92 Å². The highest BCUT2D eigenvalue weighted by atomic mass is 16.2. The van der Waals surface area contributed by atoms with Gasteiger partial charge in [-0.05, 0) is 14.0 Å². The molecular weight excluding hydrogens is 216 g/mol. The first-order valence-electron chi connectivity index (χ1n) is 6.60. The van der Waals surface area contributed by atoms with Crippen LogP contribution >= 0.6 is 0 Å². The van der Waals surface area contributed by atoms with Crippen LogP contribution in [0.2, 0.25) is 0 Å². The Bertz CT molecular complexity index is 263. The van der Waals surface area contributed by atoms with Crippen LogP contribution in [-0.4, -0.2) is 86.1 Å². The van der Waals surface area contributed by atoms with E-state index in [9.17, 15) is 4.79 Å². The molecule has 0 aromatic heterocycles. The minimum absolute atomic E-state index is 0.00348. The summed E-state index contributed by atoms with van der Waals surface area (Å²) in [6, 6.07) is -0.00348. The number of hydrogen-bond donors (Lipinski definition) is 1. The number of likely N-dealkylation sites (N-methyl/N-ethyl adjacent to an activating group) is 1. The molecule has 98 valence electrons. The van der Waals surface area contributed by atoms with E-state index in [-0.39, 0.29) is 11.9 Å². The molecular formula is C12H24N4O. The standard InChI is InChI=1S/C12H24N4O/c1-11-12(17)16(4-3-13-11)10-9-15-7-5-14(2)6-8-15/h11,13H,3-10H2,1-2H3. The van der Waals surface area contributed by atoms with Crippen molar-refractivity contribution in [3.63, 3.8) is 0 Å². The van der Waals surface area contributed by atoms with Crippen molar-refractivity contribution in [3.8, 4) is 0 Å². The van der Waals surface area contributed by atoms with Gasteiger partial charge in [-0.2, -0.15) is 0 Å². The van der Waals surface area contributed by atoms with Gasteiger partial charge in [-0.25, -0.2) is 0 Å². The lowest BCUT2D eigenvalue weighted by molar-refractivity contribution is -0.135. The van der Waals surface area contributed by atoms with Gasteiger partial charge in [0, 0.05) is 52.4 Å². The highest BCUT2D eigenvalue weighted by Gasteiger charge is 2.25. The van der Waals surface area contributed by atoms with Gasteiger partial charge in [-0.15, -0.1) is 0 Å². The predicted octanol–water partition coefficient (Wildman–Crippen LogP) is -0.946. The third-order valence-electron chi connectivity index (χ3n) is 3.80. The first-order valence-corrected chi connectivity index (χ1v) is 6.60. The molecule has 0 saturated carbocycles. The van der Waals surface area contributed by atoms with Gasteiger partial charge >= 0.3 is 0 Å². The molecule has 5 nitrogen and oxygen atoms in total. The molecule has 1 amide bonds. The average molecular weight is 240 g/mol. The molecule has 2 saturated heterocycles. The second kappa shape index (κ2) is 5.80. The maximum Gasteiger partial charge on any atom is 0.239 e. The van der Waals surface area contributed by atoms with E-state index in [4.69, 9.17) is 0 Å². The molecule has 2 rings (SSSR count). The Hall–Kier alpha value is -0.650. The van der Waals surface area contributed by atoms with E-state index >= 15 is 0 Å². The van der Waals surface area contributed by atoms with Crippen molar-refractivity contribution in [1.82, 2.24) is 20.0 Å². The van der Waals surface area contributed by atoms with Gasteiger partial charge in [0.25, 0.3) is 0 Å². The Kier molecular flexibility index (Phi) is 4.36. The van der Waals surface area contributed by atoms with Crippen LogP contribution in [-0.2, 0) is 4.79 Å². The van der Waals surface area contributed by atoms with Crippen LogP contribution in [0.15, 0.2) is 0 Å². The normalized spacial score (nSPS) is 28.7. The predicted molar refractivity (Wildman–Crippen MR) is 68.0 cm³/mol. The summed E-state index contributed by atoms with van der Waals surface area (Å²) < 4.78 is 0. The summed E-state index contributed by atoms with van der Waals surface area (Å²) in [5.41, 5.74) is 0. The zero-order valence-electron chi connectivity index (χ0n) is 11.0. The summed E-state index contributed by atoms with van der Waals surface area (Å²) >= 11 is 0. The Morgan fingerprint density at radius 3 is 2.59 bits per heavy atom. The lowest BCUT2D eigenvalue weighted by Gasteiger charge is -2.36. The number of carbonyl (C=O) groups is 1. The SMILES string of the molecule is CC1NCCN(CCN2CCN(C)CC2)C1=O. The van der Waals surface area contributed by atoms with Crippen molar-refractivity contribution in [2.24, 2.45) is 0 Å². The molecule has 0 aromatic carbocycles. The number of rotatable bonds is 3. The molecule has 17 heavy (non-hydrogen) atoms. The Labute approximate surface area is 104 Å². The number of amides is 1. The van der Waals surface area contributed by atoms with Crippen molar-refractivity contribution in [2.45, 2.75) is 13.0 Å². The third-order valence-corrected chi connectivity index (χ3v) is 3.80. The lowest BCUT2D eigenvalue weighted by atomic mass is 10.2. The van der Waals surface area contributed by atoms with Gasteiger partial charge in [0.15, 0.2) is 0 Å². The largest absolute Gasteiger partial charge is 0.339 e. The summed E-state index contributed by atoms with van der Waals surface area (Å²) in [5, 5.41) is 3.19. The van der Waals surface area contributed by atoms with Crippen LogP contribution in [0.25, 0.3) is 0 Å². The first-order chi connectivity index (χ1) is 8.16. The molecule has 1 N–H and O–H groups in total. The van der Waals surface area contributed by atoms with Gasteiger partial charge in [0.1, 0.15) is 0 Å². The molecule has 0 bridgehead atoms. The molecule has 2 fully saturated rings. The van der Waals surface area contributed by atoms with E-state index in [1.165, 1.54) is 0 Å². The third kappa shape index (κ3) is 3.40. The number of nitrogens with zero attached hydrogens (tertiary/aromatic N) is 3. The fourth-order valence-electron chi connectivity index (χ4n) is 2.44. The van der Waals surface area contributed by atoms with E-state index < -0.39 is 0 Å². The molecule has 0 aliphatic carbocycles. The zero-order valence-corrected chi connectivity index (χ0v) is 11.0. The van der Waals surface area contributed by atoms with Gasteiger partial charge in [0.05, 0.1) is 6.04 Å². The van der Waals surface area contributed by atoms with Crippen LogP contribution in [0.3, 0.4) is 0 Å². The van der Waals surface area contributed by atoms with Crippen molar-refractivity contribution < 1.29 is 4.79 Å². The molecule has 2 aliphatic rings. The molecule has 1 atom stereocenters. The molecule has 2 heterocycles. The molecule has 0 spiro atoms. The summed E-state index contributed by atoms with van der Waals surface area (Å²) in [6.07, 6.45) is 0. The van der Waals surface area contributed by atoms with Gasteiger partial charge in [-0.3, -0.25) is 9.69 Å². The fraction of sp³-hybridized carbons (Fsp3) is 0.917. The van der Waals surface area contributed by atoms with E-state index in [2.05, 4.69) is 22.2 Å². The zero-order chi connectivity index (χ0) is 12.3. The number of hydrogen-bond acceptors (Lipinski definition) is 4. The van der Waals surface area contributed by atoms with Gasteiger partial charge in [0.2, 0.25) is 5.91 Å². The summed E-state index contributed by atoms with van der Waals surface area (Å²) in [4.78, 5) is 18.7. The first kappa shape index (κ1) is 12.8. The van der Waals surface area contributed by atoms with E-state index in [0.29, 0.717) is 0 Å². The summed E-state index contributed by atoms with van der Waals surface area (Å²) in [7, 11) is 2.17. The number of piperazine rings is 2. The molecule has 0 aromatic rings. The smallest absolute Gasteiger partial charge is 0.239 e. The van der Waals surface area contributed by atoms with E-state index in [1.54, 1.807) is 0 Å². The van der Waals surface area contributed by atoms with E-state index in [1.807, 2.05) is 11.8 Å². The van der Waals surface area contributed by atoms with Crippen LogP contribution in [0.5, 0.6) is 0 Å². The van der Waals surface area contributed by atoms with Crippen molar-refractivity contribution >= 4 is 5.91 Å². The van der Waals surface area contributed by atoms with Crippen molar-refractivity contribution in [1.29, 1.82) is 0 Å². The molecule has 1 unspecified atom stereocenters. The van der Waals surface area contributed by atoms with Gasteiger partial charge < -0.3 is 15.1 Å². The second-order valence-corrected chi connectivity index (χ2v) is 5.15. The van der Waals surface area contributed by atoms with Crippen molar-refractivity contribution in [3.05, 3.63) is 0 Å². The topological polar surface area (TPSA) is 38.8 Å². The summed E-state index contributed by atoms with van der Waals surface area (Å²) in [5.74, 6) is 0.255. The molecule has 0 radical (unpaired) electrons. The minimum atomic E-state index is -0.00348. The van der Waals surface area contributed by atoms with Crippen LogP contribution in [0, 0.1) is 0 Å². The minimum Gasteiger partial charge on any atom is -0.339 e. The quantitative estimate of drug-likeness (QED) is 0.691. The molecule has 2 aliphatic heterocycles. The molecule has 5 heteroatoms. The average Bonchev–Trinajstić information content (AvgIpc) is 2.33. The van der Waals surface area contributed by atoms with Crippen LogP contribution in [0.4, 0.5) is 0 Å². The van der Waals surface area contributed by atoms with Gasteiger partial charge in [-0.1, -0.05) is 0 Å². The number of nitrogens with one attached hydrogen (secondary N) is 1. The second-order valence-electron chi connectivity index (χ2n) is 5.15.